The van der Waals surface area contributed by atoms with Gasteiger partial charge in [0.2, 0.25) is 0 Å². The summed E-state index contributed by atoms with van der Waals surface area (Å²) < 4.78 is 140. The van der Waals surface area contributed by atoms with Gasteiger partial charge in [0.05, 0.1) is 19.0 Å². The number of hydrogen-bond acceptors (Lipinski definition) is 5. The molecule has 1 heterocycles. The third kappa shape index (κ3) is 11.2. The van der Waals surface area contributed by atoms with E-state index in [-0.39, 0.29) is 13.0 Å². The number of nitrogens with zero attached hydrogens (tertiary/aromatic N) is 2. The molecule has 0 saturated carbocycles. The van der Waals surface area contributed by atoms with E-state index in [2.05, 4.69) is 19.4 Å². The molecule has 0 aliphatic heterocycles. The molecule has 0 spiro atoms. The fourth-order valence-corrected chi connectivity index (χ4v) is 3.59. The number of ether oxygens (including phenoxy) is 3. The van der Waals surface area contributed by atoms with E-state index < -0.39 is 43.7 Å². The highest BCUT2D eigenvalue weighted by molar-refractivity contribution is 5.55. The zero-order valence-corrected chi connectivity index (χ0v) is 22.7. The molecule has 0 saturated heterocycles. The number of rotatable bonds is 19. The molecular weight excluding hydrogens is 590 g/mol. The second kappa shape index (κ2) is 15.7. The Morgan fingerprint density at radius 1 is 0.762 bits per heavy atom. The van der Waals surface area contributed by atoms with Crippen molar-refractivity contribution in [3.63, 3.8) is 0 Å². The van der Waals surface area contributed by atoms with Gasteiger partial charge in [0.1, 0.15) is 12.8 Å². The Kier molecular flexibility index (Phi) is 13.3. The summed E-state index contributed by atoms with van der Waals surface area (Å²) in [6.45, 7) is -0.391. The van der Waals surface area contributed by atoms with Crippen molar-refractivity contribution in [2.24, 2.45) is 0 Å². The summed E-state index contributed by atoms with van der Waals surface area (Å²) in [7, 11) is 0. The summed E-state index contributed by atoms with van der Waals surface area (Å²) >= 11 is 0. The highest BCUT2D eigenvalue weighted by atomic mass is 19.4. The minimum absolute atomic E-state index is 0.171. The summed E-state index contributed by atoms with van der Waals surface area (Å²) in [4.78, 5) is 8.52. The van der Waals surface area contributed by atoms with Crippen LogP contribution in [0.25, 0.3) is 11.4 Å². The molecule has 1 atom stereocenters. The average Bonchev–Trinajstić information content (AvgIpc) is 2.90. The number of unbranched alkanes of at least 4 members (excludes halogenated alkanes) is 3. The van der Waals surface area contributed by atoms with E-state index in [0.717, 1.165) is 17.5 Å². The quantitative estimate of drug-likeness (QED) is 0.116. The first-order valence-electron chi connectivity index (χ1n) is 13.2. The zero-order valence-electron chi connectivity index (χ0n) is 22.7. The van der Waals surface area contributed by atoms with E-state index >= 15 is 0 Å². The molecule has 1 unspecified atom stereocenters. The van der Waals surface area contributed by atoms with Crippen LogP contribution in [0.5, 0.6) is 5.75 Å². The molecule has 0 aliphatic rings. The van der Waals surface area contributed by atoms with Crippen LogP contribution >= 0.6 is 0 Å². The zero-order chi connectivity index (χ0) is 31.4. The number of alkyl halides is 10. The van der Waals surface area contributed by atoms with Crippen LogP contribution in [0.2, 0.25) is 0 Å². The van der Waals surface area contributed by atoms with Crippen molar-refractivity contribution >= 4 is 0 Å². The average molecular weight is 623 g/mol. The number of hydrogen-bond donors (Lipinski definition) is 0. The Morgan fingerprint density at radius 3 is 1.98 bits per heavy atom. The molecule has 0 radical (unpaired) electrons. The van der Waals surface area contributed by atoms with Gasteiger partial charge in [0, 0.05) is 18.6 Å². The van der Waals surface area contributed by atoms with Crippen molar-refractivity contribution in [3.8, 4) is 17.1 Å². The number of aromatic nitrogens is 2. The summed E-state index contributed by atoms with van der Waals surface area (Å²) in [5.41, 5.74) is 1.77. The van der Waals surface area contributed by atoms with Gasteiger partial charge in [-0.3, -0.25) is 0 Å². The second-order valence-corrected chi connectivity index (χ2v) is 9.52. The first-order chi connectivity index (χ1) is 19.6. The smallest absolute Gasteiger partial charge is 0.483 e. The van der Waals surface area contributed by atoms with Crippen molar-refractivity contribution in [1.82, 2.24) is 9.97 Å². The van der Waals surface area contributed by atoms with Gasteiger partial charge in [-0.2, -0.15) is 39.5 Å². The Bertz CT molecular complexity index is 1050. The first-order valence-corrected chi connectivity index (χ1v) is 13.2. The molecule has 0 aliphatic carbocycles. The lowest BCUT2D eigenvalue weighted by atomic mass is 10.0. The van der Waals surface area contributed by atoms with Crippen LogP contribution in [-0.4, -0.2) is 60.3 Å². The van der Waals surface area contributed by atoms with Crippen molar-refractivity contribution in [2.75, 3.05) is 19.8 Å². The molecular formula is C27H32F10N2O3. The largest absolute Gasteiger partial charge is 0.490 e. The highest BCUT2D eigenvalue weighted by Crippen LogP contribution is 2.45. The fourth-order valence-electron chi connectivity index (χ4n) is 3.59. The maximum atomic E-state index is 13.5. The van der Waals surface area contributed by atoms with E-state index in [1.807, 2.05) is 31.2 Å². The van der Waals surface area contributed by atoms with Gasteiger partial charge in [0.25, 0.3) is 0 Å². The molecule has 238 valence electrons. The molecule has 5 nitrogen and oxygen atoms in total. The van der Waals surface area contributed by atoms with E-state index in [4.69, 9.17) is 4.74 Å². The van der Waals surface area contributed by atoms with E-state index in [9.17, 15) is 43.9 Å². The van der Waals surface area contributed by atoms with Crippen LogP contribution in [0, 0.1) is 0 Å². The first kappa shape index (κ1) is 35.5. The van der Waals surface area contributed by atoms with E-state index in [0.29, 0.717) is 50.1 Å². The molecule has 0 N–H and O–H groups in total. The predicted molar refractivity (Wildman–Crippen MR) is 132 cm³/mol. The highest BCUT2D eigenvalue weighted by Gasteiger charge is 2.70. The summed E-state index contributed by atoms with van der Waals surface area (Å²) in [5, 5.41) is 0. The van der Waals surface area contributed by atoms with Crippen molar-refractivity contribution in [3.05, 3.63) is 42.2 Å². The molecule has 0 fully saturated rings. The van der Waals surface area contributed by atoms with Crippen LogP contribution in [-0.2, 0) is 15.9 Å². The lowest BCUT2D eigenvalue weighted by Crippen LogP contribution is -2.53. The molecule has 2 rings (SSSR count). The summed E-state index contributed by atoms with van der Waals surface area (Å²) in [5.74, 6) is -4.49. The lowest BCUT2D eigenvalue weighted by molar-refractivity contribution is -0.487. The number of halogens is 10. The van der Waals surface area contributed by atoms with Gasteiger partial charge < -0.3 is 9.47 Å². The standard InChI is InChI=1S/C27H32F10N2O3/c1-2-7-21(28)13-15-41-22-16-38-23(39-17-22)20-11-9-19(10-12-20)8-5-3-4-6-14-40-18-24(29,30)26(34,35)42-27(36,37)25(31,32)33/h9-12,16-17,21H,2-8,13-15,18H2,1H3. The summed E-state index contributed by atoms with van der Waals surface area (Å²) in [6, 6.07) is 7.44. The van der Waals surface area contributed by atoms with Gasteiger partial charge in [-0.25, -0.2) is 19.1 Å². The molecule has 0 amide bonds. The molecule has 15 heteroatoms. The molecule has 0 bridgehead atoms. The van der Waals surface area contributed by atoms with Gasteiger partial charge in [-0.05, 0) is 31.2 Å². The predicted octanol–water partition coefficient (Wildman–Crippen LogP) is 8.57. The van der Waals surface area contributed by atoms with Crippen molar-refractivity contribution in [2.45, 2.75) is 88.8 Å². The monoisotopic (exact) mass is 622 g/mol. The van der Waals surface area contributed by atoms with Gasteiger partial charge >= 0.3 is 24.3 Å². The Labute approximate surface area is 236 Å². The van der Waals surface area contributed by atoms with E-state index in [1.165, 1.54) is 12.4 Å². The normalized spacial score (nSPS) is 13.8. The third-order valence-corrected chi connectivity index (χ3v) is 5.94. The molecule has 1 aromatic heterocycles. The molecule has 42 heavy (non-hydrogen) atoms. The topological polar surface area (TPSA) is 53.5 Å². The fraction of sp³-hybridized carbons (Fsp3) is 0.630. The van der Waals surface area contributed by atoms with Crippen molar-refractivity contribution in [1.29, 1.82) is 0 Å². The van der Waals surface area contributed by atoms with E-state index in [1.54, 1.807) is 0 Å². The van der Waals surface area contributed by atoms with Crippen LogP contribution < -0.4 is 4.74 Å². The van der Waals surface area contributed by atoms with Gasteiger partial charge in [-0.15, -0.1) is 0 Å². The van der Waals surface area contributed by atoms with Gasteiger partial charge in [0.15, 0.2) is 11.6 Å². The number of benzene rings is 1. The van der Waals surface area contributed by atoms with Gasteiger partial charge in [-0.1, -0.05) is 50.5 Å². The molecule has 2 aromatic rings. The molecule has 1 aromatic carbocycles. The van der Waals surface area contributed by atoms with Crippen LogP contribution in [0.15, 0.2) is 36.7 Å². The minimum atomic E-state index is -6.59. The Hall–Kier alpha value is -2.68. The summed E-state index contributed by atoms with van der Waals surface area (Å²) in [6.07, 6.45) is -12.8. The van der Waals surface area contributed by atoms with Crippen molar-refractivity contribution < 1.29 is 58.1 Å². The third-order valence-electron chi connectivity index (χ3n) is 5.94. The lowest BCUT2D eigenvalue weighted by Gasteiger charge is -2.30. The van der Waals surface area contributed by atoms with Crippen LogP contribution in [0.1, 0.15) is 57.4 Å². The van der Waals surface area contributed by atoms with Crippen LogP contribution in [0.3, 0.4) is 0 Å². The SMILES string of the molecule is CCCC(F)CCOc1cnc(-c2ccc(CCCCCCOCC(F)(F)C(F)(F)OC(F)(F)C(F)(F)F)cc2)nc1. The second-order valence-electron chi connectivity index (χ2n) is 9.52. The Balaban J connectivity index is 1.65. The number of aryl methyl sites for hydroxylation is 1. The minimum Gasteiger partial charge on any atom is -0.490 e. The Morgan fingerprint density at radius 2 is 1.38 bits per heavy atom. The van der Waals surface area contributed by atoms with Crippen LogP contribution in [0.4, 0.5) is 43.9 Å². The maximum Gasteiger partial charge on any atom is 0.483 e. The maximum absolute atomic E-state index is 13.5.